The van der Waals surface area contributed by atoms with Crippen LogP contribution in [0.2, 0.25) is 0 Å². The second kappa shape index (κ2) is 5.68. The highest BCUT2D eigenvalue weighted by Gasteiger charge is 2.17. The Kier molecular flexibility index (Phi) is 4.36. The summed E-state index contributed by atoms with van der Waals surface area (Å²) >= 11 is 5.36. The van der Waals surface area contributed by atoms with Crippen molar-refractivity contribution in [3.63, 3.8) is 0 Å². The van der Waals surface area contributed by atoms with Crippen LogP contribution >= 0.6 is 38.5 Å². The average Bonchev–Trinajstić information content (AvgIpc) is 2.27. The number of hydrogen-bond donors (Lipinski definition) is 2. The van der Waals surface area contributed by atoms with Crippen LogP contribution in [-0.2, 0) is 10.0 Å². The van der Waals surface area contributed by atoms with Crippen molar-refractivity contribution < 1.29 is 8.42 Å². The molecule has 4 nitrogen and oxygen atoms in total. The molecule has 19 heavy (non-hydrogen) atoms. The minimum Gasteiger partial charge on any atom is -0.398 e. The largest absolute Gasteiger partial charge is 0.398 e. The van der Waals surface area contributed by atoms with E-state index in [9.17, 15) is 8.42 Å². The van der Waals surface area contributed by atoms with Gasteiger partial charge in [0, 0.05) is 13.7 Å². The second-order valence-electron chi connectivity index (χ2n) is 3.80. The standard InChI is InChI=1S/C12H10BrIN2O2S/c13-8-4-5-12(11(15)6-8)19(17,18)16-10-3-1-2-9(14)7-10/h1-7,16H,15H2. The van der Waals surface area contributed by atoms with Crippen molar-refractivity contribution in [3.05, 3.63) is 50.5 Å². The molecule has 0 aromatic heterocycles. The van der Waals surface area contributed by atoms with E-state index >= 15 is 0 Å². The Morgan fingerprint density at radius 3 is 2.53 bits per heavy atom. The maximum atomic E-state index is 12.2. The van der Waals surface area contributed by atoms with Gasteiger partial charge in [0.25, 0.3) is 10.0 Å². The zero-order valence-electron chi connectivity index (χ0n) is 9.60. The number of rotatable bonds is 3. The Morgan fingerprint density at radius 1 is 1.16 bits per heavy atom. The van der Waals surface area contributed by atoms with Gasteiger partial charge in [0.1, 0.15) is 4.90 Å². The van der Waals surface area contributed by atoms with Crippen molar-refractivity contribution in [1.82, 2.24) is 0 Å². The van der Waals surface area contributed by atoms with Gasteiger partial charge in [0.2, 0.25) is 0 Å². The summed E-state index contributed by atoms with van der Waals surface area (Å²) in [6.07, 6.45) is 0. The average molecular weight is 453 g/mol. The zero-order chi connectivity index (χ0) is 14.0. The number of hydrogen-bond acceptors (Lipinski definition) is 3. The van der Waals surface area contributed by atoms with E-state index in [0.717, 1.165) is 8.04 Å². The Labute approximate surface area is 133 Å². The van der Waals surface area contributed by atoms with Gasteiger partial charge in [-0.15, -0.1) is 0 Å². The molecule has 2 aromatic carbocycles. The van der Waals surface area contributed by atoms with Crippen molar-refractivity contribution in [2.45, 2.75) is 4.90 Å². The molecule has 100 valence electrons. The summed E-state index contributed by atoms with van der Waals surface area (Å²) in [5, 5.41) is 0. The molecule has 0 amide bonds. The van der Waals surface area contributed by atoms with Crippen LogP contribution in [0.4, 0.5) is 11.4 Å². The Bertz CT molecular complexity index is 719. The molecule has 0 heterocycles. The van der Waals surface area contributed by atoms with Gasteiger partial charge in [0.05, 0.1) is 5.69 Å². The molecule has 7 heteroatoms. The highest BCUT2D eigenvalue weighted by atomic mass is 127. The number of nitrogen functional groups attached to an aromatic ring is 1. The van der Waals surface area contributed by atoms with E-state index in [1.807, 2.05) is 6.07 Å². The lowest BCUT2D eigenvalue weighted by molar-refractivity contribution is 0.601. The van der Waals surface area contributed by atoms with Gasteiger partial charge in [-0.05, 0) is 59.0 Å². The molecule has 0 bridgehead atoms. The van der Waals surface area contributed by atoms with Crippen LogP contribution in [0.15, 0.2) is 51.8 Å². The summed E-state index contributed by atoms with van der Waals surface area (Å²) < 4.78 is 28.7. The molecule has 3 N–H and O–H groups in total. The van der Waals surface area contributed by atoms with Crippen LogP contribution in [0, 0.1) is 3.57 Å². The van der Waals surface area contributed by atoms with E-state index in [4.69, 9.17) is 5.73 Å². The van der Waals surface area contributed by atoms with Gasteiger partial charge in [-0.2, -0.15) is 0 Å². The van der Waals surface area contributed by atoms with Gasteiger partial charge < -0.3 is 5.73 Å². The minimum atomic E-state index is -3.68. The van der Waals surface area contributed by atoms with Crippen molar-refractivity contribution in [2.24, 2.45) is 0 Å². The van der Waals surface area contributed by atoms with Crippen molar-refractivity contribution in [2.75, 3.05) is 10.5 Å². The van der Waals surface area contributed by atoms with Crippen molar-refractivity contribution in [3.8, 4) is 0 Å². The van der Waals surface area contributed by atoms with Crippen LogP contribution in [0.1, 0.15) is 0 Å². The molecule has 0 radical (unpaired) electrons. The van der Waals surface area contributed by atoms with E-state index < -0.39 is 10.0 Å². The molecule has 2 rings (SSSR count). The van der Waals surface area contributed by atoms with Crippen LogP contribution in [0.25, 0.3) is 0 Å². The lowest BCUT2D eigenvalue weighted by Crippen LogP contribution is -2.14. The maximum absolute atomic E-state index is 12.2. The third-order valence-corrected chi connectivity index (χ3v) is 4.96. The fourth-order valence-corrected chi connectivity index (χ4v) is 3.61. The van der Waals surface area contributed by atoms with Gasteiger partial charge in [0.15, 0.2) is 0 Å². The number of sulfonamides is 1. The molecule has 0 aliphatic rings. The fourth-order valence-electron chi connectivity index (χ4n) is 1.53. The van der Waals surface area contributed by atoms with Crippen molar-refractivity contribution in [1.29, 1.82) is 0 Å². The molecular formula is C12H10BrIN2O2S. The number of nitrogens with one attached hydrogen (secondary N) is 1. The number of anilines is 2. The van der Waals surface area contributed by atoms with Crippen LogP contribution in [0.5, 0.6) is 0 Å². The SMILES string of the molecule is Nc1cc(Br)ccc1S(=O)(=O)Nc1cccc(I)c1. The zero-order valence-corrected chi connectivity index (χ0v) is 14.2. The van der Waals surface area contributed by atoms with E-state index in [1.54, 1.807) is 30.3 Å². The molecule has 0 aliphatic heterocycles. The summed E-state index contributed by atoms with van der Waals surface area (Å²) in [4.78, 5) is 0.0644. The summed E-state index contributed by atoms with van der Waals surface area (Å²) in [6.45, 7) is 0. The summed E-state index contributed by atoms with van der Waals surface area (Å²) in [5.74, 6) is 0. The first kappa shape index (κ1) is 14.6. The molecule has 0 unspecified atom stereocenters. The third-order valence-electron chi connectivity index (χ3n) is 2.34. The first-order chi connectivity index (χ1) is 8.88. The second-order valence-corrected chi connectivity index (χ2v) is 7.61. The molecule has 2 aromatic rings. The number of benzene rings is 2. The summed E-state index contributed by atoms with van der Waals surface area (Å²) in [7, 11) is -3.68. The molecular weight excluding hydrogens is 443 g/mol. The highest BCUT2D eigenvalue weighted by Crippen LogP contribution is 2.25. The van der Waals surface area contributed by atoms with Crippen LogP contribution < -0.4 is 10.5 Å². The molecule has 0 saturated heterocycles. The summed E-state index contributed by atoms with van der Waals surface area (Å²) in [5.41, 5.74) is 6.45. The summed E-state index contributed by atoms with van der Waals surface area (Å²) in [6, 6.07) is 11.8. The molecule has 0 atom stereocenters. The number of nitrogens with two attached hydrogens (primary N) is 1. The monoisotopic (exact) mass is 452 g/mol. The molecule has 0 fully saturated rings. The van der Waals surface area contributed by atoms with Gasteiger partial charge in [-0.1, -0.05) is 22.0 Å². The van der Waals surface area contributed by atoms with Crippen LogP contribution in [-0.4, -0.2) is 8.42 Å². The molecule has 0 saturated carbocycles. The van der Waals surface area contributed by atoms with Crippen LogP contribution in [0.3, 0.4) is 0 Å². The van der Waals surface area contributed by atoms with E-state index in [2.05, 4.69) is 43.2 Å². The lowest BCUT2D eigenvalue weighted by atomic mass is 10.3. The lowest BCUT2D eigenvalue weighted by Gasteiger charge is -2.10. The first-order valence-corrected chi connectivity index (χ1v) is 8.57. The third kappa shape index (κ3) is 3.61. The van der Waals surface area contributed by atoms with Crippen molar-refractivity contribution >= 4 is 59.9 Å². The quantitative estimate of drug-likeness (QED) is 0.553. The van der Waals surface area contributed by atoms with E-state index in [-0.39, 0.29) is 10.6 Å². The van der Waals surface area contributed by atoms with Gasteiger partial charge in [-0.25, -0.2) is 8.42 Å². The topological polar surface area (TPSA) is 72.2 Å². The van der Waals surface area contributed by atoms with Gasteiger partial charge >= 0.3 is 0 Å². The fraction of sp³-hybridized carbons (Fsp3) is 0. The van der Waals surface area contributed by atoms with E-state index in [1.165, 1.54) is 6.07 Å². The first-order valence-electron chi connectivity index (χ1n) is 5.22. The van der Waals surface area contributed by atoms with Gasteiger partial charge in [-0.3, -0.25) is 4.72 Å². The Hall–Kier alpha value is -0.800. The molecule has 0 aliphatic carbocycles. The highest BCUT2D eigenvalue weighted by molar-refractivity contribution is 14.1. The predicted octanol–water partition coefficient (Wildman–Crippen LogP) is 3.44. The Morgan fingerprint density at radius 2 is 1.89 bits per heavy atom. The normalized spacial score (nSPS) is 11.3. The van der Waals surface area contributed by atoms with E-state index in [0.29, 0.717) is 5.69 Å². The maximum Gasteiger partial charge on any atom is 0.263 e. The minimum absolute atomic E-state index is 0.0644. The smallest absolute Gasteiger partial charge is 0.263 e. The Balaban J connectivity index is 2.38. The predicted molar refractivity (Wildman–Crippen MR) is 88.5 cm³/mol. The molecule has 0 spiro atoms. The number of halogens is 2.